The van der Waals surface area contributed by atoms with Gasteiger partial charge in [-0.15, -0.1) is 0 Å². The van der Waals surface area contributed by atoms with E-state index in [0.29, 0.717) is 5.04 Å². The number of fused-ring (bicyclic) bond motifs is 1. The second-order valence-electron chi connectivity index (χ2n) is 7.05. The minimum atomic E-state index is -3.68. The quantitative estimate of drug-likeness (QED) is 0.276. The Morgan fingerprint density at radius 2 is 1.89 bits per heavy atom. The van der Waals surface area contributed by atoms with Gasteiger partial charge in [0, 0.05) is 6.42 Å². The zero-order valence-corrected chi connectivity index (χ0v) is 17.5. The molecule has 0 radical (unpaired) electrons. The molecule has 0 saturated carbocycles. The summed E-state index contributed by atoms with van der Waals surface area (Å²) in [6.45, 7) is 2.04. The molecule has 10 heteroatoms. The van der Waals surface area contributed by atoms with E-state index in [1.54, 1.807) is 0 Å². The number of hydrogen-bond acceptors (Lipinski definition) is 8. The van der Waals surface area contributed by atoms with Crippen LogP contribution in [0.2, 0.25) is 0 Å². The van der Waals surface area contributed by atoms with Crippen molar-refractivity contribution in [2.24, 2.45) is 4.99 Å². The van der Waals surface area contributed by atoms with Crippen molar-refractivity contribution in [3.05, 3.63) is 0 Å². The summed E-state index contributed by atoms with van der Waals surface area (Å²) >= 11 is 1.26. The molecule has 6 atom stereocenters. The first kappa shape index (κ1) is 23.3. The van der Waals surface area contributed by atoms with Crippen LogP contribution >= 0.6 is 19.4 Å². The fraction of sp³-hybridized carbons (Fsp3) is 0.941. The van der Waals surface area contributed by atoms with Crippen LogP contribution in [-0.4, -0.2) is 74.4 Å². The Labute approximate surface area is 164 Å². The molecule has 4 N–H and O–H groups in total. The van der Waals surface area contributed by atoms with Gasteiger partial charge >= 0.3 is 7.60 Å². The number of thioether (sulfide) groups is 1. The van der Waals surface area contributed by atoms with Crippen LogP contribution in [0.3, 0.4) is 0 Å². The normalized spacial score (nSPS) is 32.8. The topological polar surface area (TPSA) is 129 Å². The number of nitrogens with zero attached hydrogens (tertiary/aromatic N) is 1. The highest BCUT2D eigenvalue weighted by Gasteiger charge is 2.47. The average Bonchev–Trinajstić information content (AvgIpc) is 3.05. The van der Waals surface area contributed by atoms with Gasteiger partial charge in [-0.25, -0.2) is 0 Å². The highest BCUT2D eigenvalue weighted by Crippen LogP contribution is 2.45. The van der Waals surface area contributed by atoms with Crippen molar-refractivity contribution in [3.63, 3.8) is 0 Å². The van der Waals surface area contributed by atoms with Crippen LogP contribution in [-0.2, 0) is 13.8 Å². The molecule has 0 spiro atoms. The number of aliphatic imine (C=N–C) groups is 1. The summed E-state index contributed by atoms with van der Waals surface area (Å²) in [6.07, 6.45) is 3.49. The molecule has 158 valence electrons. The van der Waals surface area contributed by atoms with E-state index in [4.69, 9.17) is 9.26 Å². The van der Waals surface area contributed by atoms with Crippen LogP contribution in [0.5, 0.6) is 0 Å². The third kappa shape index (κ3) is 7.08. The molecule has 0 aromatic rings. The smallest absolute Gasteiger partial charge is 0.328 e. The van der Waals surface area contributed by atoms with Crippen LogP contribution in [0, 0.1) is 0 Å². The molecule has 2 aliphatic rings. The minimum absolute atomic E-state index is 0.0455. The van der Waals surface area contributed by atoms with Crippen molar-refractivity contribution in [3.8, 4) is 0 Å². The second kappa shape index (κ2) is 11.3. The third-order valence-corrected chi connectivity index (χ3v) is 7.37. The third-order valence-electron chi connectivity index (χ3n) is 4.79. The van der Waals surface area contributed by atoms with Gasteiger partial charge in [-0.3, -0.25) is 9.56 Å². The molecular weight excluding hydrogens is 393 g/mol. The second-order valence-corrected chi connectivity index (χ2v) is 10.2. The molecule has 0 bridgehead atoms. The predicted octanol–water partition coefficient (Wildman–Crippen LogP) is 1.89. The standard InChI is InChI=1S/C17H32NO7PS/c1-2-3-4-5-6-7-9-24-26(22,23)10-8-13-18-14-16(21)15(20)12(11-19)25-17(14)27-13/h12,14-17,19-21H,2-11H2,1H3,(H,22,23)/t12-,14?,15?,16-,17?/m1/s1. The van der Waals surface area contributed by atoms with E-state index in [1.807, 2.05) is 0 Å². The summed E-state index contributed by atoms with van der Waals surface area (Å²) in [5.41, 5.74) is -0.502. The van der Waals surface area contributed by atoms with E-state index >= 15 is 0 Å². The Hall–Kier alpha value is 0.0100. The van der Waals surface area contributed by atoms with Crippen molar-refractivity contribution >= 4 is 24.4 Å². The molecule has 8 nitrogen and oxygen atoms in total. The number of unbranched alkanes of at least 4 members (excludes halogenated alkanes) is 5. The molecule has 4 unspecified atom stereocenters. The lowest BCUT2D eigenvalue weighted by Gasteiger charge is -2.37. The first-order valence-corrected chi connectivity index (χ1v) is 12.3. The minimum Gasteiger partial charge on any atom is -0.394 e. The Balaban J connectivity index is 1.70. The van der Waals surface area contributed by atoms with Gasteiger partial charge in [0.1, 0.15) is 29.8 Å². The van der Waals surface area contributed by atoms with Gasteiger partial charge in [0.2, 0.25) is 0 Å². The maximum atomic E-state index is 12.2. The molecule has 2 rings (SSSR count). The highest BCUT2D eigenvalue weighted by atomic mass is 32.2. The zero-order valence-electron chi connectivity index (χ0n) is 15.8. The lowest BCUT2D eigenvalue weighted by atomic mass is 9.99. The van der Waals surface area contributed by atoms with E-state index in [-0.39, 0.29) is 19.2 Å². The maximum Gasteiger partial charge on any atom is 0.328 e. The summed E-state index contributed by atoms with van der Waals surface area (Å²) in [5, 5.41) is 29.8. The first-order valence-electron chi connectivity index (χ1n) is 9.70. The maximum absolute atomic E-state index is 12.2. The molecule has 27 heavy (non-hydrogen) atoms. The molecule has 0 aromatic carbocycles. The van der Waals surface area contributed by atoms with Crippen LogP contribution in [0.15, 0.2) is 4.99 Å². The summed E-state index contributed by atoms with van der Waals surface area (Å²) in [5.74, 6) is 0. The molecule has 0 aliphatic carbocycles. The van der Waals surface area contributed by atoms with Crippen molar-refractivity contribution in [1.29, 1.82) is 0 Å². The number of rotatable bonds is 12. The number of aliphatic hydroxyl groups is 3. The van der Waals surface area contributed by atoms with E-state index in [2.05, 4.69) is 11.9 Å². The Kier molecular flexibility index (Phi) is 9.71. The van der Waals surface area contributed by atoms with Crippen LogP contribution in [0.1, 0.15) is 51.9 Å². The van der Waals surface area contributed by atoms with Crippen molar-refractivity contribution in [2.45, 2.75) is 81.7 Å². The van der Waals surface area contributed by atoms with Crippen LogP contribution in [0.25, 0.3) is 0 Å². The van der Waals surface area contributed by atoms with Gasteiger partial charge < -0.3 is 29.5 Å². The molecular formula is C17H32NO7PS. The van der Waals surface area contributed by atoms with Crippen molar-refractivity contribution in [2.75, 3.05) is 19.4 Å². The fourth-order valence-electron chi connectivity index (χ4n) is 3.15. The van der Waals surface area contributed by atoms with E-state index in [1.165, 1.54) is 31.0 Å². The SMILES string of the molecule is CCCCCCCCOP(=O)(O)CCC1=NC2C(O[C@H](CO)C(O)[C@@H]2O)S1. The van der Waals surface area contributed by atoms with Gasteiger partial charge in [-0.2, -0.15) is 0 Å². The Morgan fingerprint density at radius 1 is 1.19 bits per heavy atom. The van der Waals surface area contributed by atoms with Crippen LogP contribution < -0.4 is 0 Å². The number of ether oxygens (including phenoxy) is 1. The highest BCUT2D eigenvalue weighted by molar-refractivity contribution is 8.14. The summed E-state index contributed by atoms with van der Waals surface area (Å²) in [4.78, 5) is 14.3. The molecule has 0 amide bonds. The number of aliphatic hydroxyl groups excluding tert-OH is 3. The van der Waals surface area contributed by atoms with E-state index in [9.17, 15) is 24.8 Å². The first-order chi connectivity index (χ1) is 12.9. The Morgan fingerprint density at radius 3 is 2.59 bits per heavy atom. The van der Waals surface area contributed by atoms with E-state index in [0.717, 1.165) is 19.3 Å². The van der Waals surface area contributed by atoms with Gasteiger partial charge in [-0.1, -0.05) is 50.8 Å². The summed E-state index contributed by atoms with van der Waals surface area (Å²) in [7, 11) is -3.68. The monoisotopic (exact) mass is 425 g/mol. The van der Waals surface area contributed by atoms with E-state index < -0.39 is 44.0 Å². The van der Waals surface area contributed by atoms with Crippen molar-refractivity contribution < 1.29 is 34.0 Å². The van der Waals surface area contributed by atoms with Crippen molar-refractivity contribution in [1.82, 2.24) is 0 Å². The molecule has 2 heterocycles. The predicted molar refractivity (Wildman–Crippen MR) is 105 cm³/mol. The summed E-state index contributed by atoms with van der Waals surface area (Å²) < 4.78 is 22.9. The van der Waals surface area contributed by atoms with Gasteiger partial charge in [0.15, 0.2) is 0 Å². The molecule has 1 saturated heterocycles. The lowest BCUT2D eigenvalue weighted by molar-refractivity contribution is -0.164. The van der Waals surface area contributed by atoms with Gasteiger partial charge in [0.05, 0.1) is 24.4 Å². The Bertz CT molecular complexity index is 535. The number of hydrogen-bond donors (Lipinski definition) is 4. The van der Waals surface area contributed by atoms with Gasteiger partial charge in [0.25, 0.3) is 0 Å². The summed E-state index contributed by atoms with van der Waals surface area (Å²) in [6, 6.07) is -0.634. The van der Waals surface area contributed by atoms with Crippen LogP contribution in [0.4, 0.5) is 0 Å². The largest absolute Gasteiger partial charge is 0.394 e. The van der Waals surface area contributed by atoms with Gasteiger partial charge in [-0.05, 0) is 6.42 Å². The average molecular weight is 425 g/mol. The fourth-order valence-corrected chi connectivity index (χ4v) is 5.57. The zero-order chi connectivity index (χ0) is 19.9. The molecule has 1 fully saturated rings. The lowest BCUT2D eigenvalue weighted by Crippen LogP contribution is -2.55. The molecule has 0 aromatic heterocycles. The molecule has 2 aliphatic heterocycles.